The van der Waals surface area contributed by atoms with Crippen LogP contribution in [0.15, 0.2) is 54.6 Å². The van der Waals surface area contributed by atoms with Gasteiger partial charge in [-0.3, -0.25) is 0 Å². The summed E-state index contributed by atoms with van der Waals surface area (Å²) in [5.41, 5.74) is 1.31. The highest BCUT2D eigenvalue weighted by Gasteiger charge is 2.43. The van der Waals surface area contributed by atoms with Crippen molar-refractivity contribution in [2.45, 2.75) is 37.1 Å². The number of hydrogen-bond donors (Lipinski definition) is 2. The van der Waals surface area contributed by atoms with Gasteiger partial charge in [-0.15, -0.1) is 0 Å². The molecular weight excluding hydrogens is 418 g/mol. The summed E-state index contributed by atoms with van der Waals surface area (Å²) < 4.78 is 17.3. The van der Waals surface area contributed by atoms with Crippen molar-refractivity contribution >= 4 is 10.8 Å². The number of fused-ring (bicyclic) bond motifs is 3. The van der Waals surface area contributed by atoms with Gasteiger partial charge in [-0.2, -0.15) is 0 Å². The summed E-state index contributed by atoms with van der Waals surface area (Å²) in [6.45, 7) is 2.14. The number of benzene rings is 3. The Morgan fingerprint density at radius 3 is 2.55 bits per heavy atom. The molecule has 6 heteroatoms. The first-order valence-electron chi connectivity index (χ1n) is 11.5. The van der Waals surface area contributed by atoms with Gasteiger partial charge in [0.15, 0.2) is 11.5 Å². The van der Waals surface area contributed by atoms with Crippen LogP contribution in [0.3, 0.4) is 0 Å². The SMILES string of the molecule is COc1ccc([C@H](O)CN2CCC3(CC2)C[C@@H](O)c2ccc4ccccc4c2O3)cc1OC. The zero-order chi connectivity index (χ0) is 23.0. The predicted octanol–water partition coefficient (Wildman–Crippen LogP) is 4.24. The highest BCUT2D eigenvalue weighted by atomic mass is 16.5. The average Bonchev–Trinajstić information content (AvgIpc) is 2.85. The van der Waals surface area contributed by atoms with E-state index in [1.807, 2.05) is 36.4 Å². The molecule has 3 aromatic rings. The van der Waals surface area contributed by atoms with Crippen LogP contribution >= 0.6 is 0 Å². The van der Waals surface area contributed by atoms with E-state index in [0.29, 0.717) is 24.5 Å². The predicted molar refractivity (Wildman–Crippen MR) is 127 cm³/mol. The Hall–Kier alpha value is -2.80. The van der Waals surface area contributed by atoms with Crippen molar-refractivity contribution in [3.63, 3.8) is 0 Å². The van der Waals surface area contributed by atoms with Gasteiger partial charge in [-0.05, 0) is 35.9 Å². The second-order valence-electron chi connectivity index (χ2n) is 9.14. The van der Waals surface area contributed by atoms with E-state index >= 15 is 0 Å². The molecule has 2 aliphatic rings. The summed E-state index contributed by atoms with van der Waals surface area (Å²) in [6, 6.07) is 17.7. The molecule has 0 radical (unpaired) electrons. The van der Waals surface area contributed by atoms with Crippen LogP contribution < -0.4 is 14.2 Å². The fourth-order valence-electron chi connectivity index (χ4n) is 5.22. The van der Waals surface area contributed by atoms with Gasteiger partial charge in [-0.1, -0.05) is 42.5 Å². The minimum absolute atomic E-state index is 0.374. The molecule has 2 heterocycles. The Morgan fingerprint density at radius 2 is 1.79 bits per heavy atom. The zero-order valence-electron chi connectivity index (χ0n) is 19.2. The molecule has 1 saturated heterocycles. The van der Waals surface area contributed by atoms with E-state index < -0.39 is 12.2 Å². The van der Waals surface area contributed by atoms with Crippen LogP contribution in [0.1, 0.15) is 42.6 Å². The third kappa shape index (κ3) is 4.14. The van der Waals surface area contributed by atoms with Crippen molar-refractivity contribution in [2.24, 2.45) is 0 Å². The van der Waals surface area contributed by atoms with Crippen molar-refractivity contribution in [3.8, 4) is 17.2 Å². The first-order valence-corrected chi connectivity index (χ1v) is 11.5. The van der Waals surface area contributed by atoms with E-state index in [9.17, 15) is 10.2 Å². The lowest BCUT2D eigenvalue weighted by molar-refractivity contribution is -0.0577. The van der Waals surface area contributed by atoms with Crippen molar-refractivity contribution < 1.29 is 24.4 Å². The number of aliphatic hydroxyl groups excluding tert-OH is 2. The molecule has 0 aromatic heterocycles. The number of methoxy groups -OCH3 is 2. The maximum absolute atomic E-state index is 10.9. The summed E-state index contributed by atoms with van der Waals surface area (Å²) in [5, 5.41) is 24.0. The fraction of sp³-hybridized carbons (Fsp3) is 0.407. The molecular formula is C27H31NO5. The van der Waals surface area contributed by atoms with Crippen LogP contribution in [0.2, 0.25) is 0 Å². The summed E-state index contributed by atoms with van der Waals surface area (Å²) in [5.74, 6) is 2.09. The van der Waals surface area contributed by atoms with Gasteiger partial charge in [0.25, 0.3) is 0 Å². The maximum atomic E-state index is 10.9. The zero-order valence-corrected chi connectivity index (χ0v) is 19.2. The highest BCUT2D eigenvalue weighted by molar-refractivity contribution is 5.90. The lowest BCUT2D eigenvalue weighted by Gasteiger charge is -2.46. The molecule has 1 fully saturated rings. The second kappa shape index (κ2) is 8.86. The Morgan fingerprint density at radius 1 is 1.03 bits per heavy atom. The second-order valence-corrected chi connectivity index (χ2v) is 9.14. The molecule has 0 unspecified atom stereocenters. The van der Waals surface area contributed by atoms with Gasteiger partial charge < -0.3 is 29.3 Å². The van der Waals surface area contributed by atoms with Gasteiger partial charge >= 0.3 is 0 Å². The maximum Gasteiger partial charge on any atom is 0.161 e. The van der Waals surface area contributed by atoms with Crippen LogP contribution in [-0.2, 0) is 0 Å². The molecule has 1 spiro atoms. The quantitative estimate of drug-likeness (QED) is 0.607. The molecule has 2 atom stereocenters. The third-order valence-corrected chi connectivity index (χ3v) is 7.14. The number of β-amino-alcohol motifs (C(OH)–C–C–N with tert-alkyl or cyclic N) is 1. The average molecular weight is 450 g/mol. The Labute approximate surface area is 194 Å². The third-order valence-electron chi connectivity index (χ3n) is 7.14. The Balaban J connectivity index is 1.28. The smallest absolute Gasteiger partial charge is 0.161 e. The van der Waals surface area contributed by atoms with Crippen molar-refractivity contribution in [1.29, 1.82) is 0 Å². The van der Waals surface area contributed by atoms with Gasteiger partial charge in [0, 0.05) is 37.0 Å². The number of nitrogens with zero attached hydrogens (tertiary/aromatic N) is 1. The number of rotatable bonds is 5. The number of likely N-dealkylation sites (tertiary alicyclic amines) is 1. The molecule has 33 heavy (non-hydrogen) atoms. The van der Waals surface area contributed by atoms with E-state index in [-0.39, 0.29) is 5.60 Å². The van der Waals surface area contributed by atoms with E-state index in [2.05, 4.69) is 23.1 Å². The Bertz CT molecular complexity index is 1140. The monoisotopic (exact) mass is 449 g/mol. The fourth-order valence-corrected chi connectivity index (χ4v) is 5.22. The molecule has 3 aromatic carbocycles. The lowest BCUT2D eigenvalue weighted by Crippen LogP contribution is -2.51. The number of hydrogen-bond acceptors (Lipinski definition) is 6. The highest BCUT2D eigenvalue weighted by Crippen LogP contribution is 2.47. The van der Waals surface area contributed by atoms with Gasteiger partial charge in [0.2, 0.25) is 0 Å². The van der Waals surface area contributed by atoms with E-state index in [4.69, 9.17) is 14.2 Å². The molecule has 5 rings (SSSR count). The molecule has 0 saturated carbocycles. The van der Waals surface area contributed by atoms with Crippen LogP contribution in [0.25, 0.3) is 10.8 Å². The van der Waals surface area contributed by atoms with Crippen molar-refractivity contribution in [3.05, 3.63) is 65.7 Å². The Kier molecular flexibility index (Phi) is 5.91. The topological polar surface area (TPSA) is 71.4 Å². The first-order chi connectivity index (χ1) is 16.0. The van der Waals surface area contributed by atoms with Gasteiger partial charge in [-0.25, -0.2) is 0 Å². The van der Waals surface area contributed by atoms with Crippen molar-refractivity contribution in [1.82, 2.24) is 4.90 Å². The van der Waals surface area contributed by atoms with E-state index in [1.165, 1.54) is 0 Å². The van der Waals surface area contributed by atoms with E-state index in [1.54, 1.807) is 14.2 Å². The molecule has 6 nitrogen and oxygen atoms in total. The first kappa shape index (κ1) is 22.0. The van der Waals surface area contributed by atoms with Crippen LogP contribution in [0.5, 0.6) is 17.2 Å². The molecule has 2 N–H and O–H groups in total. The number of piperidine rings is 1. The van der Waals surface area contributed by atoms with Gasteiger partial charge in [0.05, 0.1) is 26.4 Å². The minimum Gasteiger partial charge on any atom is -0.493 e. The van der Waals surface area contributed by atoms with Crippen molar-refractivity contribution in [2.75, 3.05) is 33.9 Å². The van der Waals surface area contributed by atoms with Crippen LogP contribution in [-0.4, -0.2) is 54.6 Å². The van der Waals surface area contributed by atoms with E-state index in [0.717, 1.165) is 53.6 Å². The van der Waals surface area contributed by atoms with Gasteiger partial charge in [0.1, 0.15) is 11.4 Å². The molecule has 0 amide bonds. The summed E-state index contributed by atoms with van der Waals surface area (Å²) >= 11 is 0. The molecule has 2 aliphatic heterocycles. The molecule has 0 aliphatic carbocycles. The largest absolute Gasteiger partial charge is 0.493 e. The number of ether oxygens (including phenoxy) is 3. The van der Waals surface area contributed by atoms with Crippen LogP contribution in [0.4, 0.5) is 0 Å². The molecule has 0 bridgehead atoms. The standard InChI is InChI=1S/C27H31NO5/c1-31-24-10-8-19(15-25(24)32-2)23(30)17-28-13-11-27(12-14-28)16-22(29)21-9-7-18-5-3-4-6-20(18)26(21)33-27/h3-10,15,22-23,29-30H,11-14,16-17H2,1-2H3/t22-,23-/m1/s1. The van der Waals surface area contributed by atoms with Crippen LogP contribution in [0, 0.1) is 0 Å². The summed E-state index contributed by atoms with van der Waals surface area (Å²) in [7, 11) is 3.20. The minimum atomic E-state index is -0.624. The lowest BCUT2D eigenvalue weighted by atomic mass is 9.81. The summed E-state index contributed by atoms with van der Waals surface area (Å²) in [4.78, 5) is 2.26. The number of aliphatic hydroxyl groups is 2. The normalized spacial score (nSPS) is 20.8. The molecule has 174 valence electrons. The summed E-state index contributed by atoms with van der Waals surface area (Å²) in [6.07, 6.45) is 1.07.